The van der Waals surface area contributed by atoms with E-state index in [0.717, 1.165) is 30.0 Å². The highest BCUT2D eigenvalue weighted by molar-refractivity contribution is 5.65. The van der Waals surface area contributed by atoms with E-state index in [9.17, 15) is 0 Å². The first-order valence-electron chi connectivity index (χ1n) is 6.86. The van der Waals surface area contributed by atoms with Crippen LogP contribution in [0.4, 0.5) is 17.1 Å². The SMILES string of the molecule is CCNc1cncc(Nc2ccccc2CCOC)c1. The van der Waals surface area contributed by atoms with Crippen LogP contribution in [0, 0.1) is 0 Å². The summed E-state index contributed by atoms with van der Waals surface area (Å²) in [6.45, 7) is 3.67. The van der Waals surface area contributed by atoms with Gasteiger partial charge in [0.1, 0.15) is 0 Å². The zero-order valence-electron chi connectivity index (χ0n) is 12.0. The van der Waals surface area contributed by atoms with E-state index in [1.807, 2.05) is 24.5 Å². The number of pyridine rings is 1. The molecule has 0 saturated carbocycles. The fraction of sp³-hybridized carbons (Fsp3) is 0.312. The molecule has 106 valence electrons. The Bertz CT molecular complexity index is 543. The van der Waals surface area contributed by atoms with Crippen LogP contribution in [0.15, 0.2) is 42.7 Å². The van der Waals surface area contributed by atoms with Crippen molar-refractivity contribution in [3.63, 3.8) is 0 Å². The Hall–Kier alpha value is -2.07. The van der Waals surface area contributed by atoms with Gasteiger partial charge in [-0.3, -0.25) is 4.98 Å². The minimum atomic E-state index is 0.717. The molecule has 1 aromatic carbocycles. The van der Waals surface area contributed by atoms with Crippen molar-refractivity contribution < 1.29 is 4.74 Å². The van der Waals surface area contributed by atoms with E-state index in [4.69, 9.17) is 4.74 Å². The van der Waals surface area contributed by atoms with Crippen molar-refractivity contribution in [3.8, 4) is 0 Å². The lowest BCUT2D eigenvalue weighted by molar-refractivity contribution is 0.202. The average Bonchev–Trinajstić information content (AvgIpc) is 2.47. The van der Waals surface area contributed by atoms with Crippen molar-refractivity contribution in [1.29, 1.82) is 0 Å². The summed E-state index contributed by atoms with van der Waals surface area (Å²) in [5.74, 6) is 0. The molecule has 1 aromatic heterocycles. The zero-order chi connectivity index (χ0) is 14.2. The summed E-state index contributed by atoms with van der Waals surface area (Å²) >= 11 is 0. The van der Waals surface area contributed by atoms with Crippen LogP contribution in [0.5, 0.6) is 0 Å². The molecule has 0 aliphatic rings. The molecule has 0 aliphatic heterocycles. The van der Waals surface area contributed by atoms with Gasteiger partial charge < -0.3 is 15.4 Å². The maximum Gasteiger partial charge on any atom is 0.0591 e. The number of rotatable bonds is 7. The molecule has 0 fully saturated rings. The number of benzene rings is 1. The molecule has 0 spiro atoms. The fourth-order valence-corrected chi connectivity index (χ4v) is 2.04. The second-order valence-corrected chi connectivity index (χ2v) is 4.52. The minimum Gasteiger partial charge on any atom is -0.384 e. The van der Waals surface area contributed by atoms with Gasteiger partial charge in [-0.25, -0.2) is 0 Å². The molecule has 0 aliphatic carbocycles. The second-order valence-electron chi connectivity index (χ2n) is 4.52. The van der Waals surface area contributed by atoms with E-state index in [1.165, 1.54) is 5.56 Å². The van der Waals surface area contributed by atoms with Crippen molar-refractivity contribution in [3.05, 3.63) is 48.3 Å². The Kier molecular flexibility index (Phi) is 5.38. The van der Waals surface area contributed by atoms with Gasteiger partial charge in [-0.15, -0.1) is 0 Å². The van der Waals surface area contributed by atoms with Gasteiger partial charge >= 0.3 is 0 Å². The van der Waals surface area contributed by atoms with Crippen molar-refractivity contribution >= 4 is 17.1 Å². The Balaban J connectivity index is 2.14. The molecule has 0 amide bonds. The topological polar surface area (TPSA) is 46.2 Å². The second kappa shape index (κ2) is 7.50. The Morgan fingerprint density at radius 2 is 1.95 bits per heavy atom. The average molecular weight is 271 g/mol. The van der Waals surface area contributed by atoms with Gasteiger partial charge in [-0.2, -0.15) is 0 Å². The van der Waals surface area contributed by atoms with Crippen molar-refractivity contribution in [2.45, 2.75) is 13.3 Å². The lowest BCUT2D eigenvalue weighted by Crippen LogP contribution is -2.01. The molecule has 2 rings (SSSR count). The first-order chi connectivity index (χ1) is 9.83. The number of hydrogen-bond acceptors (Lipinski definition) is 4. The highest BCUT2D eigenvalue weighted by Crippen LogP contribution is 2.22. The summed E-state index contributed by atoms with van der Waals surface area (Å²) in [6.07, 6.45) is 4.54. The van der Waals surface area contributed by atoms with Crippen LogP contribution in [-0.2, 0) is 11.2 Å². The van der Waals surface area contributed by atoms with Gasteiger partial charge in [0.25, 0.3) is 0 Å². The molecule has 0 unspecified atom stereocenters. The first kappa shape index (κ1) is 14.3. The van der Waals surface area contributed by atoms with E-state index >= 15 is 0 Å². The summed E-state index contributed by atoms with van der Waals surface area (Å²) in [6, 6.07) is 10.3. The normalized spacial score (nSPS) is 10.3. The van der Waals surface area contributed by atoms with Crippen molar-refractivity contribution in [2.24, 2.45) is 0 Å². The van der Waals surface area contributed by atoms with Crippen LogP contribution in [0.1, 0.15) is 12.5 Å². The van der Waals surface area contributed by atoms with Crippen molar-refractivity contribution in [1.82, 2.24) is 4.98 Å². The Labute approximate surface area is 120 Å². The van der Waals surface area contributed by atoms with Gasteiger partial charge in [-0.05, 0) is 31.0 Å². The molecular weight excluding hydrogens is 250 g/mol. The number of anilines is 3. The summed E-state index contributed by atoms with van der Waals surface area (Å²) < 4.78 is 5.15. The van der Waals surface area contributed by atoms with Crippen LogP contribution in [0.2, 0.25) is 0 Å². The summed E-state index contributed by atoms with van der Waals surface area (Å²) in [4.78, 5) is 4.24. The Morgan fingerprint density at radius 1 is 1.15 bits per heavy atom. The zero-order valence-corrected chi connectivity index (χ0v) is 12.0. The lowest BCUT2D eigenvalue weighted by atomic mass is 10.1. The summed E-state index contributed by atoms with van der Waals surface area (Å²) in [5.41, 5.74) is 4.34. The highest BCUT2D eigenvalue weighted by atomic mass is 16.5. The summed E-state index contributed by atoms with van der Waals surface area (Å²) in [7, 11) is 1.72. The molecule has 0 saturated heterocycles. The smallest absolute Gasteiger partial charge is 0.0591 e. The Morgan fingerprint density at radius 3 is 2.75 bits per heavy atom. The van der Waals surface area contributed by atoms with E-state index in [-0.39, 0.29) is 0 Å². The molecule has 20 heavy (non-hydrogen) atoms. The predicted octanol–water partition coefficient (Wildman–Crippen LogP) is 3.45. The molecule has 2 aromatic rings. The number of methoxy groups -OCH3 is 1. The third kappa shape index (κ3) is 3.96. The van der Waals surface area contributed by atoms with Crippen LogP contribution in [0.3, 0.4) is 0 Å². The third-order valence-corrected chi connectivity index (χ3v) is 2.99. The van der Waals surface area contributed by atoms with E-state index in [2.05, 4.69) is 40.7 Å². The van der Waals surface area contributed by atoms with Crippen molar-refractivity contribution in [2.75, 3.05) is 30.9 Å². The summed E-state index contributed by atoms with van der Waals surface area (Å²) in [5, 5.41) is 6.68. The molecule has 0 radical (unpaired) electrons. The van der Waals surface area contributed by atoms with Crippen LogP contribution < -0.4 is 10.6 Å². The maximum atomic E-state index is 5.15. The minimum absolute atomic E-state index is 0.717. The largest absolute Gasteiger partial charge is 0.384 e. The maximum absolute atomic E-state index is 5.15. The van der Waals surface area contributed by atoms with Gasteiger partial charge in [-0.1, -0.05) is 18.2 Å². The molecule has 1 heterocycles. The van der Waals surface area contributed by atoms with Gasteiger partial charge in [0.15, 0.2) is 0 Å². The monoisotopic (exact) mass is 271 g/mol. The molecule has 4 nitrogen and oxygen atoms in total. The highest BCUT2D eigenvalue weighted by Gasteiger charge is 2.03. The quantitative estimate of drug-likeness (QED) is 0.809. The number of para-hydroxylation sites is 1. The van der Waals surface area contributed by atoms with Crippen LogP contribution in [0.25, 0.3) is 0 Å². The van der Waals surface area contributed by atoms with Crippen LogP contribution in [-0.4, -0.2) is 25.2 Å². The number of ether oxygens (including phenoxy) is 1. The molecule has 0 atom stereocenters. The number of hydrogen-bond donors (Lipinski definition) is 2. The van der Waals surface area contributed by atoms with Gasteiger partial charge in [0.2, 0.25) is 0 Å². The first-order valence-corrected chi connectivity index (χ1v) is 6.86. The van der Waals surface area contributed by atoms with E-state index in [1.54, 1.807) is 7.11 Å². The molecule has 4 heteroatoms. The number of nitrogens with one attached hydrogen (secondary N) is 2. The fourth-order valence-electron chi connectivity index (χ4n) is 2.04. The molecule has 2 N–H and O–H groups in total. The number of nitrogens with zero attached hydrogens (tertiary/aromatic N) is 1. The lowest BCUT2D eigenvalue weighted by Gasteiger charge is -2.12. The predicted molar refractivity (Wildman–Crippen MR) is 83.7 cm³/mol. The van der Waals surface area contributed by atoms with Gasteiger partial charge in [0.05, 0.1) is 30.4 Å². The van der Waals surface area contributed by atoms with Crippen LogP contribution >= 0.6 is 0 Å². The number of aromatic nitrogens is 1. The van der Waals surface area contributed by atoms with Gasteiger partial charge in [0, 0.05) is 19.3 Å². The van der Waals surface area contributed by atoms with E-state index in [0.29, 0.717) is 6.61 Å². The molecule has 0 bridgehead atoms. The molecular formula is C16H21N3O. The standard InChI is InChI=1S/C16H21N3O/c1-3-18-14-10-15(12-17-11-14)19-16-7-5-4-6-13(16)8-9-20-2/h4-7,10-12,18-19H,3,8-9H2,1-2H3. The van der Waals surface area contributed by atoms with E-state index < -0.39 is 0 Å². The third-order valence-electron chi connectivity index (χ3n) is 2.99.